The van der Waals surface area contributed by atoms with Crippen LogP contribution in [0.1, 0.15) is 12.5 Å². The minimum atomic E-state index is -0.719. The first kappa shape index (κ1) is 21.5. The lowest BCUT2D eigenvalue weighted by Gasteiger charge is -2.18. The maximum Gasteiger partial charge on any atom is 0.312 e. The van der Waals surface area contributed by atoms with E-state index in [0.29, 0.717) is 28.5 Å². The first-order chi connectivity index (χ1) is 15.4. The van der Waals surface area contributed by atoms with Gasteiger partial charge in [0.25, 0.3) is 5.91 Å². The molecule has 1 aliphatic heterocycles. The van der Waals surface area contributed by atoms with Gasteiger partial charge in [0.05, 0.1) is 22.5 Å². The minimum Gasteiger partial charge on any atom is -0.502 e. The van der Waals surface area contributed by atoms with E-state index in [2.05, 4.69) is 15.4 Å². The number of halogens is 1. The zero-order valence-corrected chi connectivity index (χ0v) is 18.2. The molecule has 1 amide bonds. The summed E-state index contributed by atoms with van der Waals surface area (Å²) in [6.07, 6.45) is 1.28. The molecule has 2 heterocycles. The van der Waals surface area contributed by atoms with E-state index in [9.17, 15) is 20.0 Å². The van der Waals surface area contributed by atoms with Crippen LogP contribution in [0.3, 0.4) is 0 Å². The monoisotopic (exact) mass is 473 g/mol. The van der Waals surface area contributed by atoms with Gasteiger partial charge >= 0.3 is 5.69 Å². The molecule has 0 spiro atoms. The molecule has 0 unspecified atom stereocenters. The van der Waals surface area contributed by atoms with Crippen molar-refractivity contribution in [3.8, 4) is 22.8 Å². The van der Waals surface area contributed by atoms with Crippen molar-refractivity contribution in [1.29, 1.82) is 0 Å². The smallest absolute Gasteiger partial charge is 0.312 e. The number of hydrogen-bond acceptors (Lipinski definition) is 8. The van der Waals surface area contributed by atoms with Gasteiger partial charge in [-0.1, -0.05) is 11.6 Å². The highest BCUT2D eigenvalue weighted by Gasteiger charge is 2.19. The van der Waals surface area contributed by atoms with Gasteiger partial charge < -0.3 is 15.2 Å². The summed E-state index contributed by atoms with van der Waals surface area (Å²) in [5.41, 5.74) is 1.51. The first-order valence-corrected chi connectivity index (χ1v) is 10.6. The van der Waals surface area contributed by atoms with Crippen LogP contribution in [0, 0.1) is 10.1 Å². The lowest BCUT2D eigenvalue weighted by molar-refractivity contribution is -0.385. The van der Waals surface area contributed by atoms with Crippen molar-refractivity contribution in [3.63, 3.8) is 0 Å². The standard InChI is InChI=1S/C20H16ClN5O5S/c1-2-22-20-25(23-8-12-5-13(21)7-15(19(12)28)26(29)30)16(10-32-20)11-3-4-17-14(6-11)24-18(27)9-31-17/h3-8,10,28H,2,9H2,1H3,(H,24,27). The lowest BCUT2D eigenvalue weighted by atomic mass is 10.1. The predicted molar refractivity (Wildman–Crippen MR) is 121 cm³/mol. The van der Waals surface area contributed by atoms with Gasteiger partial charge in [0.1, 0.15) is 5.75 Å². The third-order valence-electron chi connectivity index (χ3n) is 4.48. The van der Waals surface area contributed by atoms with Gasteiger partial charge in [0, 0.05) is 34.1 Å². The number of thiazole rings is 1. The Labute approximate surface area is 190 Å². The third kappa shape index (κ3) is 4.20. The number of phenolic OH excluding ortho intramolecular Hbond substituents is 1. The van der Waals surface area contributed by atoms with E-state index in [4.69, 9.17) is 16.3 Å². The quantitative estimate of drug-likeness (QED) is 0.332. The average molecular weight is 474 g/mol. The van der Waals surface area contributed by atoms with Crippen LogP contribution in [0.25, 0.3) is 11.3 Å². The second-order valence-electron chi connectivity index (χ2n) is 6.60. The van der Waals surface area contributed by atoms with Gasteiger partial charge in [-0.3, -0.25) is 19.9 Å². The van der Waals surface area contributed by atoms with Crippen LogP contribution in [0.2, 0.25) is 5.02 Å². The van der Waals surface area contributed by atoms with E-state index in [0.717, 1.165) is 11.6 Å². The highest BCUT2D eigenvalue weighted by atomic mass is 35.5. The molecule has 4 rings (SSSR count). The Morgan fingerprint density at radius 3 is 2.97 bits per heavy atom. The van der Waals surface area contributed by atoms with Gasteiger partial charge in [-0.05, 0) is 31.2 Å². The van der Waals surface area contributed by atoms with Crippen molar-refractivity contribution < 1.29 is 19.6 Å². The second-order valence-corrected chi connectivity index (χ2v) is 7.87. The summed E-state index contributed by atoms with van der Waals surface area (Å²) in [4.78, 5) is 27.1. The molecule has 0 aliphatic carbocycles. The Morgan fingerprint density at radius 1 is 1.41 bits per heavy atom. The number of hydrogen-bond donors (Lipinski definition) is 2. The Bertz CT molecular complexity index is 1330. The summed E-state index contributed by atoms with van der Waals surface area (Å²) in [5.74, 6) is -0.220. The fourth-order valence-corrected chi connectivity index (χ4v) is 4.18. The third-order valence-corrected chi connectivity index (χ3v) is 5.55. The average Bonchev–Trinajstić information content (AvgIpc) is 3.16. The molecule has 0 radical (unpaired) electrons. The normalized spacial score (nSPS) is 13.7. The molecule has 0 bridgehead atoms. The second kappa shape index (κ2) is 8.81. The topological polar surface area (TPSA) is 131 Å². The molecule has 1 aromatic heterocycles. The molecule has 3 aromatic rings. The number of nitrogens with one attached hydrogen (secondary N) is 1. The van der Waals surface area contributed by atoms with Crippen molar-refractivity contribution >= 4 is 46.4 Å². The van der Waals surface area contributed by atoms with Crippen LogP contribution in [0.5, 0.6) is 11.5 Å². The molecule has 0 saturated carbocycles. The lowest BCUT2D eigenvalue weighted by Crippen LogP contribution is -2.25. The Morgan fingerprint density at radius 2 is 2.22 bits per heavy atom. The van der Waals surface area contributed by atoms with E-state index >= 15 is 0 Å². The Kier molecular flexibility index (Phi) is 5.93. The summed E-state index contributed by atoms with van der Waals surface area (Å²) in [7, 11) is 0. The molecular weight excluding hydrogens is 458 g/mol. The molecule has 2 aromatic carbocycles. The maximum absolute atomic E-state index is 11.7. The van der Waals surface area contributed by atoms with E-state index in [1.807, 2.05) is 18.4 Å². The zero-order valence-electron chi connectivity index (χ0n) is 16.6. The summed E-state index contributed by atoms with van der Waals surface area (Å²) >= 11 is 7.32. The van der Waals surface area contributed by atoms with Gasteiger partial charge in [-0.2, -0.15) is 5.10 Å². The summed E-state index contributed by atoms with van der Waals surface area (Å²) in [6, 6.07) is 7.78. The predicted octanol–water partition coefficient (Wildman–Crippen LogP) is 3.62. The molecule has 12 heteroatoms. The number of aromatic nitrogens is 1. The zero-order chi connectivity index (χ0) is 22.8. The van der Waals surface area contributed by atoms with Crippen LogP contribution in [0.4, 0.5) is 11.4 Å². The molecule has 0 saturated heterocycles. The number of benzene rings is 2. The Balaban J connectivity index is 1.80. The number of phenols is 1. The fourth-order valence-electron chi connectivity index (χ4n) is 3.06. The molecule has 32 heavy (non-hydrogen) atoms. The Hall–Kier alpha value is -3.70. The fraction of sp³-hybridized carbons (Fsp3) is 0.150. The number of fused-ring (bicyclic) bond motifs is 1. The van der Waals surface area contributed by atoms with Gasteiger partial charge in [-0.15, -0.1) is 11.3 Å². The molecular formula is C20H16ClN5O5S. The number of anilines is 1. The summed E-state index contributed by atoms with van der Waals surface area (Å²) in [5, 5.41) is 30.5. The van der Waals surface area contributed by atoms with Crippen LogP contribution in [-0.2, 0) is 4.79 Å². The van der Waals surface area contributed by atoms with Crippen LogP contribution in [0.15, 0.2) is 45.8 Å². The molecule has 164 valence electrons. The number of nitro benzene ring substituents is 1. The van der Waals surface area contributed by atoms with Crippen LogP contribution < -0.4 is 14.9 Å². The summed E-state index contributed by atoms with van der Waals surface area (Å²) in [6.45, 7) is 2.35. The highest BCUT2D eigenvalue weighted by Crippen LogP contribution is 2.34. The minimum absolute atomic E-state index is 0.0378. The summed E-state index contributed by atoms with van der Waals surface area (Å²) < 4.78 is 6.95. The van der Waals surface area contributed by atoms with Gasteiger partial charge in [0.15, 0.2) is 6.61 Å². The number of amides is 1. The number of aromatic hydroxyl groups is 1. The van der Waals surface area contributed by atoms with Crippen molar-refractivity contribution in [1.82, 2.24) is 4.68 Å². The number of carbonyl (C=O) groups excluding carboxylic acids is 1. The number of ether oxygens (including phenoxy) is 1. The van der Waals surface area contributed by atoms with Crippen molar-refractivity contribution in [2.45, 2.75) is 6.92 Å². The van der Waals surface area contributed by atoms with Gasteiger partial charge in [-0.25, -0.2) is 4.68 Å². The first-order valence-electron chi connectivity index (χ1n) is 9.36. The molecule has 0 atom stereocenters. The SMILES string of the molecule is CCN=c1scc(-c2ccc3c(c2)NC(=O)CO3)n1N=Cc1cc(Cl)cc([N+](=O)[O-])c1O. The highest BCUT2D eigenvalue weighted by molar-refractivity contribution is 7.07. The number of carbonyl (C=O) groups is 1. The molecule has 0 fully saturated rings. The van der Waals surface area contributed by atoms with Crippen molar-refractivity contribution in [3.05, 3.63) is 61.2 Å². The number of nitrogens with zero attached hydrogens (tertiary/aromatic N) is 4. The van der Waals surface area contributed by atoms with E-state index in [1.165, 1.54) is 23.6 Å². The largest absolute Gasteiger partial charge is 0.502 e. The van der Waals surface area contributed by atoms with E-state index in [-0.39, 0.29) is 23.1 Å². The van der Waals surface area contributed by atoms with Crippen molar-refractivity contribution in [2.24, 2.45) is 10.1 Å². The molecule has 10 nitrogen and oxygen atoms in total. The van der Waals surface area contributed by atoms with E-state index < -0.39 is 16.4 Å². The van der Waals surface area contributed by atoms with E-state index in [1.54, 1.807) is 16.8 Å². The van der Waals surface area contributed by atoms with Crippen molar-refractivity contribution in [2.75, 3.05) is 18.5 Å². The van der Waals surface area contributed by atoms with Crippen LogP contribution >= 0.6 is 22.9 Å². The number of nitro groups is 1. The van der Waals surface area contributed by atoms with Gasteiger partial charge in [0.2, 0.25) is 10.6 Å². The maximum atomic E-state index is 11.7. The molecule has 2 N–H and O–H groups in total. The number of rotatable bonds is 5. The van der Waals surface area contributed by atoms with Crippen LogP contribution in [-0.4, -0.2) is 40.0 Å². The molecule has 1 aliphatic rings.